The van der Waals surface area contributed by atoms with Crippen molar-refractivity contribution in [2.45, 2.75) is 103 Å². The van der Waals surface area contributed by atoms with Crippen LogP contribution < -0.4 is 26.6 Å². The maximum atomic E-state index is 13.6. The smallest absolute Gasteiger partial charge is 0.405 e. The Hall–Kier alpha value is -4.03. The van der Waals surface area contributed by atoms with Crippen LogP contribution in [0.1, 0.15) is 77.8 Å². The summed E-state index contributed by atoms with van der Waals surface area (Å²) < 4.78 is 0. The molecule has 1 aliphatic carbocycles. The zero-order valence-electron chi connectivity index (χ0n) is 25.8. The van der Waals surface area contributed by atoms with Crippen LogP contribution in [0, 0.1) is 17.8 Å². The van der Waals surface area contributed by atoms with Crippen LogP contribution in [0.25, 0.3) is 0 Å². The monoisotopic (exact) mass is 614 g/mol. The van der Waals surface area contributed by atoms with Gasteiger partial charge in [0, 0.05) is 36.8 Å². The first-order valence-electron chi connectivity index (χ1n) is 15.6. The van der Waals surface area contributed by atoms with Crippen LogP contribution in [0.3, 0.4) is 0 Å². The third-order valence-electron chi connectivity index (χ3n) is 8.35. The lowest BCUT2D eigenvalue weighted by Gasteiger charge is -2.29. The van der Waals surface area contributed by atoms with Gasteiger partial charge < -0.3 is 31.7 Å². The predicted molar refractivity (Wildman–Crippen MR) is 161 cm³/mol. The van der Waals surface area contributed by atoms with Gasteiger partial charge in [-0.15, -0.1) is 0 Å². The largest absolute Gasteiger partial charge is 0.465 e. The molecule has 5 atom stereocenters. The van der Waals surface area contributed by atoms with Crippen LogP contribution in [-0.4, -0.2) is 76.3 Å². The van der Waals surface area contributed by atoms with E-state index in [0.717, 1.165) is 32.1 Å². The molecular weight excluding hydrogens is 568 g/mol. The first-order valence-corrected chi connectivity index (χ1v) is 15.6. The highest BCUT2D eigenvalue weighted by Gasteiger charge is 2.37. The van der Waals surface area contributed by atoms with Crippen molar-refractivity contribution in [1.82, 2.24) is 31.6 Å². The predicted octanol–water partition coefficient (Wildman–Crippen LogP) is 1.46. The van der Waals surface area contributed by atoms with E-state index in [4.69, 9.17) is 0 Å². The van der Waals surface area contributed by atoms with Gasteiger partial charge in [0.1, 0.15) is 12.1 Å². The number of pyridine rings is 1. The summed E-state index contributed by atoms with van der Waals surface area (Å²) in [7, 11) is 0. The highest BCUT2D eigenvalue weighted by Crippen LogP contribution is 2.26. The molecule has 6 N–H and O–H groups in total. The van der Waals surface area contributed by atoms with Crippen molar-refractivity contribution >= 4 is 35.5 Å². The third kappa shape index (κ3) is 10.6. The van der Waals surface area contributed by atoms with Gasteiger partial charge in [0.15, 0.2) is 0 Å². The lowest BCUT2D eigenvalue weighted by Crippen LogP contribution is -2.58. The molecule has 2 fully saturated rings. The fourth-order valence-corrected chi connectivity index (χ4v) is 5.91. The second kappa shape index (κ2) is 16.7. The Balaban J connectivity index is 1.76. The summed E-state index contributed by atoms with van der Waals surface area (Å²) in [6, 6.07) is 1.17. The van der Waals surface area contributed by atoms with E-state index in [0.29, 0.717) is 18.7 Å². The Morgan fingerprint density at radius 2 is 1.59 bits per heavy atom. The second-order valence-electron chi connectivity index (χ2n) is 12.3. The number of ketones is 1. The molecule has 1 saturated carbocycles. The summed E-state index contributed by atoms with van der Waals surface area (Å²) >= 11 is 0. The quantitative estimate of drug-likeness (QED) is 0.160. The molecular formula is C31H46N6O7. The van der Waals surface area contributed by atoms with Crippen molar-refractivity contribution in [3.63, 3.8) is 0 Å². The summed E-state index contributed by atoms with van der Waals surface area (Å²) in [5.74, 6) is -3.74. The van der Waals surface area contributed by atoms with Crippen molar-refractivity contribution in [1.29, 1.82) is 0 Å². The van der Waals surface area contributed by atoms with Gasteiger partial charge in [-0.2, -0.15) is 0 Å². The molecule has 44 heavy (non-hydrogen) atoms. The van der Waals surface area contributed by atoms with Crippen molar-refractivity contribution in [3.05, 3.63) is 30.1 Å². The van der Waals surface area contributed by atoms with Crippen molar-refractivity contribution < 1.29 is 33.9 Å². The van der Waals surface area contributed by atoms with Gasteiger partial charge in [-0.1, -0.05) is 39.2 Å². The van der Waals surface area contributed by atoms with Gasteiger partial charge in [0.05, 0.1) is 6.04 Å². The molecule has 13 heteroatoms. The molecule has 2 heterocycles. The van der Waals surface area contributed by atoms with Gasteiger partial charge in [0.25, 0.3) is 5.91 Å². The Kier molecular flexibility index (Phi) is 13.1. The van der Waals surface area contributed by atoms with E-state index in [-0.39, 0.29) is 43.0 Å². The fraction of sp³-hybridized carbons (Fsp3) is 0.645. The lowest BCUT2D eigenvalue weighted by atomic mass is 9.84. The molecule has 0 radical (unpaired) electrons. The molecule has 4 unspecified atom stereocenters. The van der Waals surface area contributed by atoms with E-state index in [1.54, 1.807) is 18.2 Å². The summed E-state index contributed by atoms with van der Waals surface area (Å²) in [5.41, 5.74) is 0.472. The van der Waals surface area contributed by atoms with Crippen LogP contribution in [-0.2, 0) is 30.4 Å². The molecule has 0 spiro atoms. The van der Waals surface area contributed by atoms with E-state index >= 15 is 0 Å². The van der Waals surface area contributed by atoms with Crippen LogP contribution in [0.15, 0.2) is 24.4 Å². The van der Waals surface area contributed by atoms with E-state index in [1.807, 2.05) is 20.8 Å². The van der Waals surface area contributed by atoms with E-state index in [9.17, 15) is 33.9 Å². The molecule has 2 aliphatic rings. The van der Waals surface area contributed by atoms with Crippen molar-refractivity contribution in [2.75, 3.05) is 6.54 Å². The second-order valence-corrected chi connectivity index (χ2v) is 12.3. The number of carbonyl (C=O) groups excluding carboxylic acids is 5. The van der Waals surface area contributed by atoms with Gasteiger partial charge in [-0.25, -0.2) is 4.79 Å². The van der Waals surface area contributed by atoms with Gasteiger partial charge in [-0.3, -0.25) is 29.0 Å². The van der Waals surface area contributed by atoms with E-state index in [1.165, 1.54) is 6.20 Å². The normalized spacial score (nSPS) is 19.6. The van der Waals surface area contributed by atoms with Crippen LogP contribution in [0.2, 0.25) is 0 Å². The van der Waals surface area contributed by atoms with Crippen LogP contribution in [0.4, 0.5) is 4.79 Å². The first kappa shape index (κ1) is 34.5. The summed E-state index contributed by atoms with van der Waals surface area (Å²) in [5, 5.41) is 22.3. The minimum absolute atomic E-state index is 0.0494. The highest BCUT2D eigenvalue weighted by atomic mass is 16.4. The number of carboxylic acid groups (broad SMARTS) is 1. The van der Waals surface area contributed by atoms with Crippen LogP contribution in [0.5, 0.6) is 0 Å². The number of hydrogen-bond acceptors (Lipinski definition) is 7. The van der Waals surface area contributed by atoms with Gasteiger partial charge in [-0.05, 0) is 63.0 Å². The number of carbonyl (C=O) groups is 6. The minimum atomic E-state index is -1.42. The highest BCUT2D eigenvalue weighted by molar-refractivity contribution is 6.38. The standard InChI is InChI=1S/C31H46N6O7/c1-18(2)15-24(36-29(41)25(37-31(43)44)17-22-11-7-8-13-32-22)28(40)35-23(16-21-12-14-33-27(21)39)26(38)30(42)34-19(3)20-9-5-4-6-10-20/h7-8,11,13,18-21,23-25,37H,4-6,9-10,12,14-17H2,1-3H3,(H,33,39)(H,34,42)(H,35,40)(H,36,41)(H,43,44)/t19?,21-,23?,24?,25?/m0/s1. The Morgan fingerprint density at radius 3 is 2.18 bits per heavy atom. The average molecular weight is 615 g/mol. The Morgan fingerprint density at radius 1 is 0.909 bits per heavy atom. The summed E-state index contributed by atoms with van der Waals surface area (Å²) in [6.45, 7) is 6.00. The Labute approximate surface area is 258 Å². The molecule has 242 valence electrons. The zero-order chi connectivity index (χ0) is 32.2. The van der Waals surface area contributed by atoms with E-state index in [2.05, 4.69) is 31.6 Å². The first-order chi connectivity index (χ1) is 20.9. The molecule has 13 nitrogen and oxygen atoms in total. The number of Topliss-reactive ketones (excluding diaryl/α,β-unsaturated/α-hetero) is 1. The number of nitrogens with one attached hydrogen (secondary N) is 5. The molecule has 0 bridgehead atoms. The summed E-state index contributed by atoms with van der Waals surface area (Å²) in [6.07, 6.45) is 5.85. The van der Waals surface area contributed by atoms with Gasteiger partial charge in [0.2, 0.25) is 23.5 Å². The number of amides is 5. The molecule has 1 aromatic heterocycles. The minimum Gasteiger partial charge on any atom is -0.465 e. The number of hydrogen-bond donors (Lipinski definition) is 6. The average Bonchev–Trinajstić information content (AvgIpc) is 3.39. The molecule has 1 saturated heterocycles. The molecule has 5 amide bonds. The lowest BCUT2D eigenvalue weighted by molar-refractivity contribution is -0.141. The maximum absolute atomic E-state index is 13.6. The Bertz CT molecular complexity index is 1170. The topological polar surface area (TPSA) is 196 Å². The SMILES string of the molecule is CC(C)CC(NC(=O)C(Cc1ccccn1)NC(=O)O)C(=O)NC(C[C@@H]1CCNC1=O)C(=O)C(=O)NC(C)C1CCCCC1. The number of aromatic nitrogens is 1. The summed E-state index contributed by atoms with van der Waals surface area (Å²) in [4.78, 5) is 81.4. The fourth-order valence-electron chi connectivity index (χ4n) is 5.91. The number of nitrogens with zero attached hydrogens (tertiary/aromatic N) is 1. The van der Waals surface area contributed by atoms with Crippen molar-refractivity contribution in [2.24, 2.45) is 17.8 Å². The molecule has 1 aliphatic heterocycles. The zero-order valence-corrected chi connectivity index (χ0v) is 25.8. The maximum Gasteiger partial charge on any atom is 0.405 e. The number of rotatable bonds is 15. The molecule has 0 aromatic carbocycles. The van der Waals surface area contributed by atoms with Crippen LogP contribution >= 0.6 is 0 Å². The van der Waals surface area contributed by atoms with E-state index < -0.39 is 53.6 Å². The van der Waals surface area contributed by atoms with Crippen molar-refractivity contribution in [3.8, 4) is 0 Å². The third-order valence-corrected chi connectivity index (χ3v) is 8.35. The molecule has 3 rings (SSSR count). The molecule has 1 aromatic rings. The van der Waals surface area contributed by atoms with Gasteiger partial charge >= 0.3 is 6.09 Å².